The Kier molecular flexibility index (Phi) is 3.08. The molecule has 0 spiro atoms. The molecule has 3 aliphatic heterocycles. The molecule has 1 aromatic rings. The van der Waals surface area contributed by atoms with E-state index in [9.17, 15) is 0 Å². The van der Waals surface area contributed by atoms with Crippen LogP contribution in [-0.4, -0.2) is 18.1 Å². The van der Waals surface area contributed by atoms with E-state index in [1.807, 2.05) is 6.20 Å². The van der Waals surface area contributed by atoms with Gasteiger partial charge >= 0.3 is 0 Å². The lowest BCUT2D eigenvalue weighted by molar-refractivity contribution is 0.247. The second kappa shape index (κ2) is 5.08. The first-order chi connectivity index (χ1) is 10.3. The highest BCUT2D eigenvalue weighted by molar-refractivity contribution is 5.64. The zero-order valence-corrected chi connectivity index (χ0v) is 12.3. The van der Waals surface area contributed by atoms with Crippen LogP contribution in [0.15, 0.2) is 54.0 Å². The fourth-order valence-corrected chi connectivity index (χ4v) is 3.59. The summed E-state index contributed by atoms with van der Waals surface area (Å²) in [5.74, 6) is 0.683. The van der Waals surface area contributed by atoms with Gasteiger partial charge in [0.15, 0.2) is 0 Å². The fraction of sp³-hybridized carbons (Fsp3) is 0.333. The smallest absolute Gasteiger partial charge is 0.0689 e. The van der Waals surface area contributed by atoms with Crippen molar-refractivity contribution >= 4 is 6.08 Å². The molecular formula is C18H21N3. The highest BCUT2D eigenvalue weighted by atomic mass is 15.3. The van der Waals surface area contributed by atoms with Gasteiger partial charge in [-0.1, -0.05) is 31.2 Å². The molecule has 1 fully saturated rings. The first-order valence-corrected chi connectivity index (χ1v) is 7.74. The number of nitrogens with one attached hydrogen (secondary N) is 2. The first-order valence-electron chi connectivity index (χ1n) is 7.74. The van der Waals surface area contributed by atoms with Gasteiger partial charge in [0, 0.05) is 6.20 Å². The third-order valence-corrected chi connectivity index (χ3v) is 4.61. The molecule has 1 saturated heterocycles. The van der Waals surface area contributed by atoms with Crippen molar-refractivity contribution in [2.75, 3.05) is 13.2 Å². The third-order valence-electron chi connectivity index (χ3n) is 4.61. The lowest BCUT2D eigenvalue weighted by Crippen LogP contribution is -2.36. The van der Waals surface area contributed by atoms with E-state index in [2.05, 4.69) is 65.0 Å². The molecule has 0 aromatic heterocycles. The van der Waals surface area contributed by atoms with Gasteiger partial charge < -0.3 is 10.2 Å². The summed E-state index contributed by atoms with van der Waals surface area (Å²) < 4.78 is 0. The van der Waals surface area contributed by atoms with Crippen LogP contribution in [0.5, 0.6) is 0 Å². The molecule has 3 heteroatoms. The van der Waals surface area contributed by atoms with E-state index in [4.69, 9.17) is 0 Å². The van der Waals surface area contributed by atoms with Crippen molar-refractivity contribution in [1.82, 2.24) is 15.5 Å². The van der Waals surface area contributed by atoms with Gasteiger partial charge in [-0.25, -0.2) is 0 Å². The normalized spacial score (nSPS) is 27.2. The summed E-state index contributed by atoms with van der Waals surface area (Å²) in [7, 11) is 0. The van der Waals surface area contributed by atoms with Crippen molar-refractivity contribution in [3.8, 4) is 0 Å². The number of allylic oxidation sites excluding steroid dienone is 2. The summed E-state index contributed by atoms with van der Waals surface area (Å²) in [6.45, 7) is 4.33. The molecule has 0 aliphatic carbocycles. The Bertz CT molecular complexity index is 642. The summed E-state index contributed by atoms with van der Waals surface area (Å²) in [5.41, 5.74) is 5.27. The van der Waals surface area contributed by atoms with Crippen LogP contribution in [0.1, 0.15) is 30.5 Å². The van der Waals surface area contributed by atoms with Crippen molar-refractivity contribution in [3.05, 3.63) is 65.1 Å². The van der Waals surface area contributed by atoms with Crippen molar-refractivity contribution in [2.45, 2.75) is 19.4 Å². The molecule has 2 unspecified atom stereocenters. The molecule has 0 saturated carbocycles. The minimum Gasteiger partial charge on any atom is -0.360 e. The minimum absolute atomic E-state index is 0.444. The number of fused-ring (bicyclic) bond motifs is 5. The Morgan fingerprint density at radius 2 is 2.14 bits per heavy atom. The SMILES string of the molecule is CC1CNCN2C3=CC=CNC3=Cc3ccccc3C2C1. The Morgan fingerprint density at radius 3 is 3.10 bits per heavy atom. The molecule has 108 valence electrons. The van der Waals surface area contributed by atoms with Crippen LogP contribution in [0, 0.1) is 5.92 Å². The number of dihydropyridines is 1. The minimum atomic E-state index is 0.444. The molecule has 3 aliphatic rings. The number of rotatable bonds is 0. The van der Waals surface area contributed by atoms with Crippen molar-refractivity contribution < 1.29 is 0 Å². The van der Waals surface area contributed by atoms with Gasteiger partial charge in [0.05, 0.1) is 24.1 Å². The van der Waals surface area contributed by atoms with E-state index < -0.39 is 0 Å². The van der Waals surface area contributed by atoms with Gasteiger partial charge in [0.2, 0.25) is 0 Å². The molecule has 2 atom stereocenters. The quantitative estimate of drug-likeness (QED) is 0.764. The number of benzene rings is 1. The molecule has 4 rings (SSSR count). The Hall–Kier alpha value is -2.00. The van der Waals surface area contributed by atoms with E-state index in [-0.39, 0.29) is 0 Å². The Labute approximate surface area is 126 Å². The Morgan fingerprint density at radius 1 is 1.24 bits per heavy atom. The van der Waals surface area contributed by atoms with Crippen molar-refractivity contribution in [1.29, 1.82) is 0 Å². The molecule has 3 heterocycles. The molecular weight excluding hydrogens is 258 g/mol. The second-order valence-corrected chi connectivity index (χ2v) is 6.18. The van der Waals surface area contributed by atoms with Gasteiger partial charge in [-0.2, -0.15) is 0 Å². The summed E-state index contributed by atoms with van der Waals surface area (Å²) in [6.07, 6.45) is 9.79. The van der Waals surface area contributed by atoms with E-state index in [0.29, 0.717) is 12.0 Å². The number of hydrogen-bond donors (Lipinski definition) is 2. The lowest BCUT2D eigenvalue weighted by Gasteiger charge is -2.34. The third kappa shape index (κ3) is 2.18. The predicted octanol–water partition coefficient (Wildman–Crippen LogP) is 2.97. The maximum atomic E-state index is 3.59. The standard InChI is InChI=1S/C18H21N3/c1-13-9-18-15-6-3-2-5-14(15)10-16-17(7-4-8-20-16)21(18)12-19-11-13/h2-8,10,13,18-20H,9,11-12H2,1H3. The van der Waals surface area contributed by atoms with Crippen LogP contribution in [0.3, 0.4) is 0 Å². The molecule has 2 N–H and O–H groups in total. The summed E-state index contributed by atoms with van der Waals surface area (Å²) in [4.78, 5) is 2.51. The van der Waals surface area contributed by atoms with Gasteiger partial charge in [-0.15, -0.1) is 0 Å². The summed E-state index contributed by atoms with van der Waals surface area (Å²) >= 11 is 0. The average molecular weight is 279 g/mol. The maximum absolute atomic E-state index is 3.59. The van der Waals surface area contributed by atoms with Crippen LogP contribution in [0.25, 0.3) is 6.08 Å². The molecule has 21 heavy (non-hydrogen) atoms. The largest absolute Gasteiger partial charge is 0.360 e. The highest BCUT2D eigenvalue weighted by Gasteiger charge is 2.31. The molecule has 0 radical (unpaired) electrons. The molecule has 0 bridgehead atoms. The highest BCUT2D eigenvalue weighted by Crippen LogP contribution is 2.39. The van der Waals surface area contributed by atoms with E-state index in [1.165, 1.54) is 28.9 Å². The molecule has 1 aromatic carbocycles. The fourth-order valence-electron chi connectivity index (χ4n) is 3.59. The first kappa shape index (κ1) is 12.7. The zero-order chi connectivity index (χ0) is 14.2. The zero-order valence-electron chi connectivity index (χ0n) is 12.3. The maximum Gasteiger partial charge on any atom is 0.0689 e. The number of nitrogens with zero attached hydrogens (tertiary/aromatic N) is 1. The van der Waals surface area contributed by atoms with Gasteiger partial charge in [0.1, 0.15) is 0 Å². The lowest BCUT2D eigenvalue weighted by atomic mass is 9.93. The van der Waals surface area contributed by atoms with Crippen LogP contribution in [0.4, 0.5) is 0 Å². The van der Waals surface area contributed by atoms with Crippen LogP contribution in [-0.2, 0) is 0 Å². The predicted molar refractivity (Wildman–Crippen MR) is 86.0 cm³/mol. The van der Waals surface area contributed by atoms with Gasteiger partial charge in [0.25, 0.3) is 0 Å². The average Bonchev–Trinajstić information content (AvgIpc) is 2.76. The van der Waals surface area contributed by atoms with E-state index in [0.717, 1.165) is 13.2 Å². The van der Waals surface area contributed by atoms with Crippen LogP contribution < -0.4 is 10.6 Å². The topological polar surface area (TPSA) is 27.3 Å². The van der Waals surface area contributed by atoms with E-state index in [1.54, 1.807) is 0 Å². The summed E-state index contributed by atoms with van der Waals surface area (Å²) in [5, 5.41) is 7.00. The van der Waals surface area contributed by atoms with Crippen molar-refractivity contribution in [2.24, 2.45) is 5.92 Å². The number of hydrogen-bond acceptors (Lipinski definition) is 3. The molecule has 3 nitrogen and oxygen atoms in total. The van der Waals surface area contributed by atoms with Crippen LogP contribution in [0.2, 0.25) is 0 Å². The van der Waals surface area contributed by atoms with Gasteiger partial charge in [-0.05, 0) is 48.2 Å². The van der Waals surface area contributed by atoms with Gasteiger partial charge in [-0.3, -0.25) is 5.32 Å². The monoisotopic (exact) mass is 279 g/mol. The summed E-state index contributed by atoms with van der Waals surface area (Å²) in [6, 6.07) is 9.25. The Balaban J connectivity index is 1.89. The van der Waals surface area contributed by atoms with Crippen LogP contribution >= 0.6 is 0 Å². The van der Waals surface area contributed by atoms with Crippen molar-refractivity contribution in [3.63, 3.8) is 0 Å². The second-order valence-electron chi connectivity index (χ2n) is 6.18. The van der Waals surface area contributed by atoms with E-state index >= 15 is 0 Å². The molecule has 0 amide bonds.